The van der Waals surface area contributed by atoms with Crippen LogP contribution in [0.25, 0.3) is 0 Å². The van der Waals surface area contributed by atoms with E-state index in [9.17, 15) is 9.18 Å². The van der Waals surface area contributed by atoms with Crippen LogP contribution < -0.4 is 5.73 Å². The Morgan fingerprint density at radius 1 is 1.55 bits per heavy atom. The molecule has 20 heavy (non-hydrogen) atoms. The van der Waals surface area contributed by atoms with Gasteiger partial charge in [-0.3, -0.25) is 4.79 Å². The Hall–Kier alpha value is -1.82. The van der Waals surface area contributed by atoms with Crippen molar-refractivity contribution in [3.05, 3.63) is 34.6 Å². The maximum Gasteiger partial charge on any atom is 0.254 e. The zero-order valence-corrected chi connectivity index (χ0v) is 11.5. The summed E-state index contributed by atoms with van der Waals surface area (Å²) in [4.78, 5) is 14.0. The van der Waals surface area contributed by atoms with Crippen LogP contribution in [0.15, 0.2) is 23.4 Å². The van der Waals surface area contributed by atoms with Gasteiger partial charge in [0.15, 0.2) is 0 Å². The minimum absolute atomic E-state index is 0.0700. The second-order valence-corrected chi connectivity index (χ2v) is 5.11. The van der Waals surface area contributed by atoms with Crippen LogP contribution in [0.4, 0.5) is 4.39 Å². The topological polar surface area (TPSA) is 78.9 Å². The average Bonchev–Trinajstić information content (AvgIpc) is 3.26. The van der Waals surface area contributed by atoms with Crippen molar-refractivity contribution in [3.8, 4) is 0 Å². The van der Waals surface area contributed by atoms with Gasteiger partial charge < -0.3 is 15.8 Å². The number of nitrogens with two attached hydrogens (primary N) is 1. The van der Waals surface area contributed by atoms with E-state index in [1.807, 2.05) is 0 Å². The Bertz CT molecular complexity index is 546. The summed E-state index contributed by atoms with van der Waals surface area (Å²) in [7, 11) is 0. The van der Waals surface area contributed by atoms with Crippen molar-refractivity contribution in [2.75, 3.05) is 6.54 Å². The van der Waals surface area contributed by atoms with Gasteiger partial charge in [0.25, 0.3) is 5.91 Å². The highest BCUT2D eigenvalue weighted by atomic mass is 35.5. The van der Waals surface area contributed by atoms with Crippen LogP contribution in [0.5, 0.6) is 0 Å². The van der Waals surface area contributed by atoms with Crippen LogP contribution >= 0.6 is 11.6 Å². The van der Waals surface area contributed by atoms with Crippen molar-refractivity contribution in [1.82, 2.24) is 4.90 Å². The van der Waals surface area contributed by atoms with E-state index in [0.717, 1.165) is 12.8 Å². The molecule has 1 saturated carbocycles. The summed E-state index contributed by atoms with van der Waals surface area (Å²) in [5.41, 5.74) is 5.75. The fraction of sp³-hybridized carbons (Fsp3) is 0.385. The number of amides is 1. The highest BCUT2D eigenvalue weighted by Crippen LogP contribution is 2.29. The molecule has 3 N–H and O–H groups in total. The Morgan fingerprint density at radius 3 is 2.80 bits per heavy atom. The smallest absolute Gasteiger partial charge is 0.254 e. The summed E-state index contributed by atoms with van der Waals surface area (Å²) in [6.45, 7) is 0.356. The molecule has 7 heteroatoms. The summed E-state index contributed by atoms with van der Waals surface area (Å²) in [6.07, 6.45) is 2.14. The van der Waals surface area contributed by atoms with Crippen LogP contribution in [0.3, 0.4) is 0 Å². The number of nitrogens with zero attached hydrogens (tertiary/aromatic N) is 2. The second kappa shape index (κ2) is 6.09. The van der Waals surface area contributed by atoms with Crippen molar-refractivity contribution in [2.24, 2.45) is 10.9 Å². The van der Waals surface area contributed by atoms with E-state index >= 15 is 0 Å². The fourth-order valence-electron chi connectivity index (χ4n) is 1.92. The van der Waals surface area contributed by atoms with Gasteiger partial charge in [0, 0.05) is 24.6 Å². The molecule has 0 bridgehead atoms. The van der Waals surface area contributed by atoms with Gasteiger partial charge in [-0.2, -0.15) is 0 Å². The number of halogens is 2. The standard InChI is InChI=1S/C13H15ClFN3O2/c14-10-7-8(1-4-11(10)15)13(19)18(9-2-3-9)6-5-12(16)17-20/h1,4,7,9,20H,2-3,5-6H2,(H2,16,17). The second-order valence-electron chi connectivity index (χ2n) is 4.70. The highest BCUT2D eigenvalue weighted by molar-refractivity contribution is 6.31. The number of oxime groups is 1. The minimum Gasteiger partial charge on any atom is -0.409 e. The SMILES string of the molecule is N/C(CCN(C(=O)c1ccc(F)c(Cl)c1)C1CC1)=N/O. The summed E-state index contributed by atoms with van der Waals surface area (Å²) >= 11 is 5.69. The van der Waals surface area contributed by atoms with Gasteiger partial charge in [-0.1, -0.05) is 16.8 Å². The summed E-state index contributed by atoms with van der Waals surface area (Å²) in [5.74, 6) is -0.710. The van der Waals surface area contributed by atoms with Gasteiger partial charge in [-0.05, 0) is 31.0 Å². The quantitative estimate of drug-likeness (QED) is 0.379. The molecule has 0 unspecified atom stereocenters. The number of benzene rings is 1. The van der Waals surface area contributed by atoms with E-state index in [1.54, 1.807) is 4.90 Å². The third-order valence-corrected chi connectivity index (χ3v) is 3.44. The lowest BCUT2D eigenvalue weighted by Crippen LogP contribution is -2.36. The van der Waals surface area contributed by atoms with Crippen molar-refractivity contribution in [1.29, 1.82) is 0 Å². The first-order valence-electron chi connectivity index (χ1n) is 6.25. The highest BCUT2D eigenvalue weighted by Gasteiger charge is 2.33. The molecule has 0 saturated heterocycles. The first-order valence-corrected chi connectivity index (χ1v) is 6.63. The lowest BCUT2D eigenvalue weighted by Gasteiger charge is -2.22. The maximum atomic E-state index is 13.1. The summed E-state index contributed by atoms with van der Waals surface area (Å²) < 4.78 is 13.1. The molecular formula is C13H15ClFN3O2. The van der Waals surface area contributed by atoms with Crippen molar-refractivity contribution in [2.45, 2.75) is 25.3 Å². The molecular weight excluding hydrogens is 285 g/mol. The molecule has 1 aromatic rings. The minimum atomic E-state index is -0.558. The number of hydrogen-bond acceptors (Lipinski definition) is 3. The van der Waals surface area contributed by atoms with Gasteiger partial charge in [0.1, 0.15) is 11.7 Å². The number of carbonyl (C=O) groups is 1. The van der Waals surface area contributed by atoms with Crippen molar-refractivity contribution in [3.63, 3.8) is 0 Å². The molecule has 0 aliphatic heterocycles. The predicted octanol–water partition coefficient (Wildman–Crippen LogP) is 2.22. The van der Waals surface area contributed by atoms with Crippen molar-refractivity contribution < 1.29 is 14.4 Å². The van der Waals surface area contributed by atoms with Crippen LogP contribution in [0, 0.1) is 5.82 Å². The van der Waals surface area contributed by atoms with Gasteiger partial charge >= 0.3 is 0 Å². The van der Waals surface area contributed by atoms with Crippen LogP contribution in [-0.4, -0.2) is 34.4 Å². The lowest BCUT2D eigenvalue weighted by molar-refractivity contribution is 0.0747. The van der Waals surface area contributed by atoms with Crippen LogP contribution in [0.2, 0.25) is 5.02 Å². The Morgan fingerprint density at radius 2 is 2.25 bits per heavy atom. The predicted molar refractivity (Wildman–Crippen MR) is 73.5 cm³/mol. The number of hydrogen-bond donors (Lipinski definition) is 2. The molecule has 2 rings (SSSR count). The summed E-state index contributed by atoms with van der Waals surface area (Å²) in [5, 5.41) is 11.3. The normalized spacial score (nSPS) is 15.2. The molecule has 108 valence electrons. The van der Waals surface area contributed by atoms with Gasteiger partial charge in [-0.25, -0.2) is 4.39 Å². The van der Waals surface area contributed by atoms with E-state index < -0.39 is 5.82 Å². The molecule has 0 spiro atoms. The monoisotopic (exact) mass is 299 g/mol. The zero-order valence-electron chi connectivity index (χ0n) is 10.7. The molecule has 1 aromatic carbocycles. The van der Waals surface area contributed by atoms with Crippen molar-refractivity contribution >= 4 is 23.3 Å². The molecule has 0 heterocycles. The van der Waals surface area contributed by atoms with E-state index in [-0.39, 0.29) is 29.2 Å². The number of rotatable bonds is 5. The van der Waals surface area contributed by atoms with Gasteiger partial charge in [0.05, 0.1) is 5.02 Å². The van der Waals surface area contributed by atoms with E-state index in [1.165, 1.54) is 18.2 Å². The maximum absolute atomic E-state index is 13.1. The Labute approximate surface area is 120 Å². The Kier molecular flexibility index (Phi) is 4.44. The third-order valence-electron chi connectivity index (χ3n) is 3.15. The summed E-state index contributed by atoms with van der Waals surface area (Å²) in [6, 6.07) is 4.06. The fourth-order valence-corrected chi connectivity index (χ4v) is 2.10. The van der Waals surface area contributed by atoms with Gasteiger partial charge in [0.2, 0.25) is 0 Å². The number of carbonyl (C=O) groups excluding carboxylic acids is 1. The zero-order chi connectivity index (χ0) is 14.7. The Balaban J connectivity index is 2.12. The molecule has 5 nitrogen and oxygen atoms in total. The molecule has 0 atom stereocenters. The first-order chi connectivity index (χ1) is 9.52. The van der Waals surface area contributed by atoms with E-state index in [2.05, 4.69) is 5.16 Å². The molecule has 1 aliphatic rings. The first kappa shape index (κ1) is 14.6. The van der Waals surface area contributed by atoms with E-state index in [0.29, 0.717) is 12.1 Å². The molecule has 1 amide bonds. The van der Waals surface area contributed by atoms with Gasteiger partial charge in [-0.15, -0.1) is 0 Å². The average molecular weight is 300 g/mol. The number of amidine groups is 1. The lowest BCUT2D eigenvalue weighted by atomic mass is 10.2. The van der Waals surface area contributed by atoms with Crippen LogP contribution in [-0.2, 0) is 0 Å². The molecule has 1 aliphatic carbocycles. The van der Waals surface area contributed by atoms with Crippen LogP contribution in [0.1, 0.15) is 29.6 Å². The van der Waals surface area contributed by atoms with E-state index in [4.69, 9.17) is 22.5 Å². The third kappa shape index (κ3) is 3.39. The molecule has 0 aromatic heterocycles. The molecule has 0 radical (unpaired) electrons. The largest absolute Gasteiger partial charge is 0.409 e. The molecule has 1 fully saturated rings.